The van der Waals surface area contributed by atoms with Gasteiger partial charge in [-0.2, -0.15) is 0 Å². The zero-order valence-corrected chi connectivity index (χ0v) is 9.60. The number of carboxylic acids is 1. The number of hydrogen-bond donors (Lipinski definition) is 3. The van der Waals surface area contributed by atoms with Crippen LogP contribution in [-0.2, 0) is 14.3 Å². The molecule has 15 heavy (non-hydrogen) atoms. The number of ether oxygens (including phenoxy) is 2. The summed E-state index contributed by atoms with van der Waals surface area (Å²) in [5.41, 5.74) is 0. The van der Waals surface area contributed by atoms with Crippen LogP contribution in [0.2, 0.25) is 0 Å². The number of carboxylic acid groups (broad SMARTS) is 1. The Hall–Kier alpha value is -0.690. The van der Waals surface area contributed by atoms with Gasteiger partial charge in [-0.3, -0.25) is 4.79 Å². The van der Waals surface area contributed by atoms with Crippen LogP contribution >= 0.6 is 0 Å². The normalized spacial score (nSPS) is 8.07. The lowest BCUT2D eigenvalue weighted by atomic mass is 10.7. The SMILES string of the molecule is CC(=O)O.CCOC.OCCOCCO. The van der Waals surface area contributed by atoms with Crippen molar-refractivity contribution in [2.75, 3.05) is 40.1 Å². The van der Waals surface area contributed by atoms with Crippen LogP contribution < -0.4 is 0 Å². The quantitative estimate of drug-likeness (QED) is 0.558. The minimum atomic E-state index is -0.833. The average molecular weight is 226 g/mol. The van der Waals surface area contributed by atoms with Gasteiger partial charge >= 0.3 is 0 Å². The van der Waals surface area contributed by atoms with Gasteiger partial charge in [0.25, 0.3) is 5.97 Å². The molecule has 0 fully saturated rings. The van der Waals surface area contributed by atoms with Crippen LogP contribution in [0.15, 0.2) is 0 Å². The Balaban J connectivity index is -0.000000155. The molecule has 0 saturated carbocycles. The third-order valence-electron chi connectivity index (χ3n) is 0.760. The van der Waals surface area contributed by atoms with Gasteiger partial charge in [0.2, 0.25) is 0 Å². The van der Waals surface area contributed by atoms with Crippen molar-refractivity contribution in [1.29, 1.82) is 0 Å². The highest BCUT2D eigenvalue weighted by Gasteiger charge is 1.79. The van der Waals surface area contributed by atoms with Crippen molar-refractivity contribution in [1.82, 2.24) is 0 Å². The maximum Gasteiger partial charge on any atom is 0.300 e. The summed E-state index contributed by atoms with van der Waals surface area (Å²) < 4.78 is 9.17. The van der Waals surface area contributed by atoms with E-state index < -0.39 is 5.97 Å². The monoisotopic (exact) mass is 226 g/mol. The van der Waals surface area contributed by atoms with Crippen molar-refractivity contribution in [3.05, 3.63) is 0 Å². The summed E-state index contributed by atoms with van der Waals surface area (Å²) >= 11 is 0. The molecule has 0 aromatic rings. The number of carbonyl (C=O) groups is 1. The first-order valence-corrected chi connectivity index (χ1v) is 4.54. The summed E-state index contributed by atoms with van der Waals surface area (Å²) in [5.74, 6) is -0.833. The van der Waals surface area contributed by atoms with Gasteiger partial charge in [0.05, 0.1) is 26.4 Å². The van der Waals surface area contributed by atoms with Crippen molar-refractivity contribution >= 4 is 5.97 Å². The molecule has 0 aliphatic rings. The van der Waals surface area contributed by atoms with Crippen molar-refractivity contribution < 1.29 is 29.6 Å². The van der Waals surface area contributed by atoms with E-state index in [-0.39, 0.29) is 13.2 Å². The fourth-order valence-electron chi connectivity index (χ4n) is 0.231. The maximum atomic E-state index is 9.00. The van der Waals surface area contributed by atoms with E-state index in [0.29, 0.717) is 13.2 Å². The molecule has 3 N–H and O–H groups in total. The molecule has 6 nitrogen and oxygen atoms in total. The topological polar surface area (TPSA) is 96.2 Å². The van der Waals surface area contributed by atoms with Crippen molar-refractivity contribution in [2.24, 2.45) is 0 Å². The van der Waals surface area contributed by atoms with Crippen LogP contribution in [0.5, 0.6) is 0 Å². The minimum Gasteiger partial charge on any atom is -0.481 e. The fourth-order valence-corrected chi connectivity index (χ4v) is 0.231. The largest absolute Gasteiger partial charge is 0.481 e. The van der Waals surface area contributed by atoms with E-state index in [2.05, 4.69) is 9.47 Å². The van der Waals surface area contributed by atoms with Gasteiger partial charge in [0.15, 0.2) is 0 Å². The third kappa shape index (κ3) is 91.7. The van der Waals surface area contributed by atoms with Crippen molar-refractivity contribution in [3.63, 3.8) is 0 Å². The highest BCUT2D eigenvalue weighted by atomic mass is 16.5. The molecule has 94 valence electrons. The first-order chi connectivity index (χ1) is 7.06. The number of methoxy groups -OCH3 is 1. The van der Waals surface area contributed by atoms with Gasteiger partial charge in [0.1, 0.15) is 0 Å². The second-order valence-electron chi connectivity index (χ2n) is 2.16. The van der Waals surface area contributed by atoms with E-state index in [1.54, 1.807) is 7.11 Å². The molecule has 0 saturated heterocycles. The summed E-state index contributed by atoms with van der Waals surface area (Å²) in [5, 5.41) is 23.6. The molecule has 0 spiro atoms. The van der Waals surface area contributed by atoms with Crippen molar-refractivity contribution in [2.45, 2.75) is 13.8 Å². The molecule has 0 aromatic heterocycles. The maximum absolute atomic E-state index is 9.00. The zero-order chi connectivity index (χ0) is 12.5. The van der Waals surface area contributed by atoms with E-state index in [0.717, 1.165) is 13.5 Å². The molecule has 0 unspecified atom stereocenters. The average Bonchev–Trinajstić information content (AvgIpc) is 2.18. The van der Waals surface area contributed by atoms with Gasteiger partial charge in [0, 0.05) is 20.6 Å². The molecule has 0 bridgehead atoms. The third-order valence-corrected chi connectivity index (χ3v) is 0.760. The Morgan fingerprint density at radius 3 is 1.60 bits per heavy atom. The highest BCUT2D eigenvalue weighted by molar-refractivity contribution is 5.62. The molecule has 0 radical (unpaired) electrons. The summed E-state index contributed by atoms with van der Waals surface area (Å²) in [4.78, 5) is 9.00. The van der Waals surface area contributed by atoms with Gasteiger partial charge in [-0.25, -0.2) is 0 Å². The molecule has 0 aliphatic carbocycles. The first-order valence-electron chi connectivity index (χ1n) is 4.54. The molecule has 0 atom stereocenters. The van der Waals surface area contributed by atoms with E-state index >= 15 is 0 Å². The van der Waals surface area contributed by atoms with Crippen molar-refractivity contribution in [3.8, 4) is 0 Å². The summed E-state index contributed by atoms with van der Waals surface area (Å²) in [6.07, 6.45) is 0. The minimum absolute atomic E-state index is 0.0278. The first kappa shape index (κ1) is 19.8. The van der Waals surface area contributed by atoms with Gasteiger partial charge < -0.3 is 24.8 Å². The molecule has 0 aliphatic heterocycles. The number of aliphatic hydroxyl groups excluding tert-OH is 2. The van der Waals surface area contributed by atoms with Gasteiger partial charge in [-0.1, -0.05) is 0 Å². The van der Waals surface area contributed by atoms with E-state index in [4.69, 9.17) is 20.1 Å². The smallest absolute Gasteiger partial charge is 0.300 e. The Morgan fingerprint density at radius 1 is 1.20 bits per heavy atom. The lowest BCUT2D eigenvalue weighted by molar-refractivity contribution is -0.134. The lowest BCUT2D eigenvalue weighted by Crippen LogP contribution is -2.03. The number of aliphatic carboxylic acids is 1. The molecule has 0 rings (SSSR count). The molecular formula is C9H22O6. The van der Waals surface area contributed by atoms with Gasteiger partial charge in [-0.05, 0) is 6.92 Å². The second kappa shape index (κ2) is 23.3. The Labute approximate surface area is 90.4 Å². The number of rotatable bonds is 5. The molecule has 6 heteroatoms. The highest BCUT2D eigenvalue weighted by Crippen LogP contribution is 1.68. The predicted octanol–water partition coefficient (Wildman–Crippen LogP) is -0.269. The predicted molar refractivity (Wildman–Crippen MR) is 55.9 cm³/mol. The van der Waals surface area contributed by atoms with Crippen LogP contribution in [0.25, 0.3) is 0 Å². The van der Waals surface area contributed by atoms with Crippen LogP contribution in [0.3, 0.4) is 0 Å². The second-order valence-corrected chi connectivity index (χ2v) is 2.16. The van der Waals surface area contributed by atoms with Crippen LogP contribution in [-0.4, -0.2) is 61.4 Å². The Morgan fingerprint density at radius 2 is 1.47 bits per heavy atom. The zero-order valence-electron chi connectivity index (χ0n) is 9.60. The number of aliphatic hydroxyl groups is 2. The molecule has 0 heterocycles. The van der Waals surface area contributed by atoms with Crippen LogP contribution in [0.4, 0.5) is 0 Å². The summed E-state index contributed by atoms with van der Waals surface area (Å²) in [6, 6.07) is 0. The van der Waals surface area contributed by atoms with E-state index in [9.17, 15) is 0 Å². The Bertz CT molecular complexity index is 96.8. The van der Waals surface area contributed by atoms with Crippen LogP contribution in [0, 0.1) is 0 Å². The van der Waals surface area contributed by atoms with E-state index in [1.807, 2.05) is 6.92 Å². The number of hydrogen-bond acceptors (Lipinski definition) is 5. The van der Waals surface area contributed by atoms with E-state index in [1.165, 1.54) is 0 Å². The lowest BCUT2D eigenvalue weighted by Gasteiger charge is -1.94. The fraction of sp³-hybridized carbons (Fsp3) is 0.889. The Kier molecular flexibility index (Phi) is 30.7. The summed E-state index contributed by atoms with van der Waals surface area (Å²) in [6.45, 7) is 4.56. The molecule has 0 aromatic carbocycles. The molecule has 0 amide bonds. The standard InChI is InChI=1S/C4H10O3.C3H8O.C2H4O2/c5-1-3-7-4-2-6;1-3-4-2;1-2(3)4/h5-6H,1-4H2;3H2,1-2H3;1H3,(H,3,4). The summed E-state index contributed by atoms with van der Waals surface area (Å²) in [7, 11) is 1.68. The molecular weight excluding hydrogens is 204 g/mol. The van der Waals surface area contributed by atoms with Crippen LogP contribution in [0.1, 0.15) is 13.8 Å². The van der Waals surface area contributed by atoms with Gasteiger partial charge in [-0.15, -0.1) is 0 Å².